The third kappa shape index (κ3) is 3.65. The lowest BCUT2D eigenvalue weighted by atomic mass is 10.0. The van der Waals surface area contributed by atoms with E-state index >= 15 is 0 Å². The maximum Gasteiger partial charge on any atom is 0.338 e. The van der Waals surface area contributed by atoms with Gasteiger partial charge in [0.05, 0.1) is 6.04 Å². The number of likely N-dealkylation sites (N-methyl/N-ethyl adjacent to an activating group) is 1. The Hall–Kier alpha value is -1.88. The van der Waals surface area contributed by atoms with Crippen LogP contribution in [0.5, 0.6) is 0 Å². The summed E-state index contributed by atoms with van der Waals surface area (Å²) in [6.07, 6.45) is 2.45. The zero-order valence-electron chi connectivity index (χ0n) is 13.1. The minimum absolute atomic E-state index is 0.109. The second-order valence-corrected chi connectivity index (χ2v) is 5.91. The van der Waals surface area contributed by atoms with Gasteiger partial charge in [0.25, 0.3) is 5.91 Å². The van der Waals surface area contributed by atoms with E-state index in [1.807, 2.05) is 37.3 Å². The molecule has 1 aromatic carbocycles. The van der Waals surface area contributed by atoms with Crippen molar-refractivity contribution in [2.45, 2.75) is 44.2 Å². The van der Waals surface area contributed by atoms with Crippen LogP contribution in [0, 0.1) is 0 Å². The Balaban J connectivity index is 1.88. The van der Waals surface area contributed by atoms with Crippen LogP contribution in [0.3, 0.4) is 0 Å². The fourth-order valence-corrected chi connectivity index (χ4v) is 2.70. The van der Waals surface area contributed by atoms with Crippen LogP contribution in [-0.4, -0.2) is 41.1 Å². The molecule has 1 aromatic rings. The van der Waals surface area contributed by atoms with Crippen LogP contribution in [0.4, 0.5) is 0 Å². The van der Waals surface area contributed by atoms with Crippen LogP contribution < -0.4 is 0 Å². The largest absolute Gasteiger partial charge is 0.453 e. The van der Waals surface area contributed by atoms with Crippen LogP contribution in [0.15, 0.2) is 30.3 Å². The molecule has 5 heteroatoms. The highest BCUT2D eigenvalue weighted by molar-refractivity contribution is 5.84. The smallest absolute Gasteiger partial charge is 0.338 e. The van der Waals surface area contributed by atoms with Gasteiger partial charge in [-0.1, -0.05) is 30.3 Å². The lowest BCUT2D eigenvalue weighted by molar-refractivity contribution is -0.168. The van der Waals surface area contributed by atoms with Crippen LogP contribution in [0.2, 0.25) is 0 Å². The van der Waals surface area contributed by atoms with E-state index in [0.717, 1.165) is 18.4 Å². The number of benzene rings is 1. The number of rotatable bonds is 5. The molecule has 1 aliphatic rings. The predicted octanol–water partition coefficient (Wildman–Crippen LogP) is 2.05. The minimum atomic E-state index is -1.40. The molecular formula is C17H23NO4. The van der Waals surface area contributed by atoms with Gasteiger partial charge in [0.2, 0.25) is 0 Å². The van der Waals surface area contributed by atoms with Crippen LogP contribution in [-0.2, 0) is 14.3 Å². The molecule has 1 aliphatic carbocycles. The van der Waals surface area contributed by atoms with E-state index in [1.54, 1.807) is 11.9 Å². The van der Waals surface area contributed by atoms with Gasteiger partial charge in [-0.3, -0.25) is 4.79 Å². The van der Waals surface area contributed by atoms with Crippen LogP contribution in [0.25, 0.3) is 0 Å². The Labute approximate surface area is 130 Å². The van der Waals surface area contributed by atoms with Gasteiger partial charge in [-0.05, 0) is 38.2 Å². The van der Waals surface area contributed by atoms with Crippen molar-refractivity contribution in [1.82, 2.24) is 4.90 Å². The first kappa shape index (κ1) is 16.5. The lowest BCUT2D eigenvalue weighted by Gasteiger charge is -2.26. The van der Waals surface area contributed by atoms with Crippen molar-refractivity contribution in [3.05, 3.63) is 35.9 Å². The molecule has 1 fully saturated rings. The first-order valence-electron chi connectivity index (χ1n) is 7.64. The number of amides is 1. The molecule has 1 N–H and O–H groups in total. The zero-order valence-corrected chi connectivity index (χ0v) is 13.1. The maximum atomic E-state index is 12.1. The SMILES string of the molecule is CC(c1ccccc1)N(C)C(=O)COC(=O)C1(O)CCCC1. The van der Waals surface area contributed by atoms with E-state index in [1.165, 1.54) is 0 Å². The number of carbonyl (C=O) groups excluding carboxylic acids is 2. The molecule has 120 valence electrons. The van der Waals surface area contributed by atoms with Crippen molar-refractivity contribution >= 4 is 11.9 Å². The molecule has 1 amide bonds. The number of hydrogen-bond donors (Lipinski definition) is 1. The predicted molar refractivity (Wildman–Crippen MR) is 82.0 cm³/mol. The maximum absolute atomic E-state index is 12.1. The normalized spacial score (nSPS) is 17.8. The summed E-state index contributed by atoms with van der Waals surface area (Å²) in [5.41, 5.74) is -0.386. The molecule has 0 aliphatic heterocycles. The van der Waals surface area contributed by atoms with E-state index in [4.69, 9.17) is 4.74 Å². The highest BCUT2D eigenvalue weighted by Gasteiger charge is 2.40. The van der Waals surface area contributed by atoms with Gasteiger partial charge < -0.3 is 14.7 Å². The number of ether oxygens (including phenoxy) is 1. The summed E-state index contributed by atoms with van der Waals surface area (Å²) in [6.45, 7) is 1.58. The molecule has 0 saturated heterocycles. The van der Waals surface area contributed by atoms with Crippen molar-refractivity contribution in [3.8, 4) is 0 Å². The average Bonchev–Trinajstić information content (AvgIpc) is 2.99. The van der Waals surface area contributed by atoms with E-state index in [9.17, 15) is 14.7 Å². The van der Waals surface area contributed by atoms with E-state index in [0.29, 0.717) is 12.8 Å². The molecular weight excluding hydrogens is 282 g/mol. The summed E-state index contributed by atoms with van der Waals surface area (Å²) in [4.78, 5) is 25.6. The van der Waals surface area contributed by atoms with Gasteiger partial charge in [-0.25, -0.2) is 4.79 Å². The van der Waals surface area contributed by atoms with Crippen molar-refractivity contribution in [2.75, 3.05) is 13.7 Å². The molecule has 22 heavy (non-hydrogen) atoms. The Bertz CT molecular complexity index is 523. The summed E-state index contributed by atoms with van der Waals surface area (Å²) in [5.74, 6) is -0.967. The van der Waals surface area contributed by atoms with Crippen molar-refractivity contribution in [2.24, 2.45) is 0 Å². The molecule has 0 spiro atoms. The quantitative estimate of drug-likeness (QED) is 0.846. The Morgan fingerprint density at radius 2 is 1.86 bits per heavy atom. The third-order valence-electron chi connectivity index (χ3n) is 4.39. The van der Waals surface area contributed by atoms with E-state index in [-0.39, 0.29) is 18.6 Å². The topological polar surface area (TPSA) is 66.8 Å². The molecule has 0 heterocycles. The van der Waals surface area contributed by atoms with Crippen molar-refractivity contribution in [3.63, 3.8) is 0 Å². The number of carbonyl (C=O) groups is 2. The molecule has 1 saturated carbocycles. The van der Waals surface area contributed by atoms with Gasteiger partial charge in [-0.2, -0.15) is 0 Å². The number of esters is 1. The molecule has 1 unspecified atom stereocenters. The fraction of sp³-hybridized carbons (Fsp3) is 0.529. The summed E-state index contributed by atoms with van der Waals surface area (Å²) in [5, 5.41) is 10.1. The highest BCUT2D eigenvalue weighted by Crippen LogP contribution is 2.30. The molecule has 2 rings (SSSR count). The van der Waals surface area contributed by atoms with Gasteiger partial charge in [0.1, 0.15) is 0 Å². The van der Waals surface area contributed by atoms with Gasteiger partial charge >= 0.3 is 5.97 Å². The number of hydrogen-bond acceptors (Lipinski definition) is 4. The molecule has 0 radical (unpaired) electrons. The van der Waals surface area contributed by atoms with Gasteiger partial charge in [0.15, 0.2) is 12.2 Å². The third-order valence-corrected chi connectivity index (χ3v) is 4.39. The minimum Gasteiger partial charge on any atom is -0.453 e. The second-order valence-electron chi connectivity index (χ2n) is 5.91. The Kier molecular flexibility index (Phi) is 5.19. The van der Waals surface area contributed by atoms with Gasteiger partial charge in [-0.15, -0.1) is 0 Å². The molecule has 5 nitrogen and oxygen atoms in total. The van der Waals surface area contributed by atoms with Crippen molar-refractivity contribution in [1.29, 1.82) is 0 Å². The summed E-state index contributed by atoms with van der Waals surface area (Å²) in [7, 11) is 1.68. The van der Waals surface area contributed by atoms with Crippen LogP contribution in [0.1, 0.15) is 44.2 Å². The Morgan fingerprint density at radius 1 is 1.27 bits per heavy atom. The van der Waals surface area contributed by atoms with E-state index in [2.05, 4.69) is 0 Å². The average molecular weight is 305 g/mol. The van der Waals surface area contributed by atoms with Crippen molar-refractivity contribution < 1.29 is 19.4 Å². The molecule has 0 bridgehead atoms. The van der Waals surface area contributed by atoms with Crippen LogP contribution >= 0.6 is 0 Å². The first-order valence-corrected chi connectivity index (χ1v) is 7.64. The first-order chi connectivity index (χ1) is 10.4. The summed E-state index contributed by atoms with van der Waals surface area (Å²) in [6, 6.07) is 9.53. The molecule has 1 atom stereocenters. The standard InChI is InChI=1S/C17H23NO4/c1-13(14-8-4-3-5-9-14)18(2)15(19)12-22-16(20)17(21)10-6-7-11-17/h3-5,8-9,13,21H,6-7,10-12H2,1-2H3. The second kappa shape index (κ2) is 6.92. The van der Waals surface area contributed by atoms with E-state index < -0.39 is 11.6 Å². The monoisotopic (exact) mass is 305 g/mol. The summed E-state index contributed by atoms with van der Waals surface area (Å²) < 4.78 is 5.02. The zero-order chi connectivity index (χ0) is 16.2. The number of aliphatic hydroxyl groups is 1. The highest BCUT2D eigenvalue weighted by atomic mass is 16.6. The van der Waals surface area contributed by atoms with Gasteiger partial charge in [0, 0.05) is 7.05 Å². The lowest BCUT2D eigenvalue weighted by Crippen LogP contribution is -2.40. The Morgan fingerprint density at radius 3 is 2.45 bits per heavy atom. The fourth-order valence-electron chi connectivity index (χ4n) is 2.70. The number of nitrogens with zero attached hydrogens (tertiary/aromatic N) is 1. The molecule has 0 aromatic heterocycles. The summed E-state index contributed by atoms with van der Waals surface area (Å²) >= 11 is 0.